The normalized spacial score (nSPS) is 17.7. The summed E-state index contributed by atoms with van der Waals surface area (Å²) in [6.07, 6.45) is 1.36. The topological polar surface area (TPSA) is 61.8 Å². The van der Waals surface area contributed by atoms with E-state index in [0.29, 0.717) is 16.4 Å². The third-order valence-corrected chi connectivity index (χ3v) is 5.02. The van der Waals surface area contributed by atoms with E-state index in [0.717, 1.165) is 9.13 Å². The Balaban J connectivity index is 1.90. The minimum absolute atomic E-state index is 0.0393. The number of benzene rings is 2. The Hall–Kier alpha value is -1.84. The first-order valence-corrected chi connectivity index (χ1v) is 9.48. The molecule has 2 aromatic rings. The highest BCUT2D eigenvalue weighted by Gasteiger charge is 2.38. The minimum Gasteiger partial charge on any atom is -0.301 e. The van der Waals surface area contributed by atoms with Crippen molar-refractivity contribution in [2.75, 3.05) is 4.90 Å². The van der Waals surface area contributed by atoms with Crippen LogP contribution in [0.5, 0.6) is 0 Å². The smallest absolute Gasteiger partial charge is 0.251 e. The number of carbonyl (C=O) groups excluding carboxylic acids is 2. The molecule has 26 heavy (non-hydrogen) atoms. The number of halogens is 2. The van der Waals surface area contributed by atoms with E-state index in [9.17, 15) is 9.59 Å². The maximum Gasteiger partial charge on any atom is 0.251 e. The molecule has 0 aromatic heterocycles. The second-order valence-electron chi connectivity index (χ2n) is 5.63. The average molecular weight is 498 g/mol. The summed E-state index contributed by atoms with van der Waals surface area (Å²) in [7, 11) is 0. The molecule has 5 nitrogen and oxygen atoms in total. The Morgan fingerprint density at radius 1 is 1.23 bits per heavy atom. The van der Waals surface area contributed by atoms with E-state index in [1.54, 1.807) is 24.3 Å². The predicted molar refractivity (Wildman–Crippen MR) is 115 cm³/mol. The van der Waals surface area contributed by atoms with Gasteiger partial charge in [0, 0.05) is 14.8 Å². The van der Waals surface area contributed by atoms with Crippen molar-refractivity contribution in [3.63, 3.8) is 0 Å². The number of amides is 2. The Morgan fingerprint density at radius 3 is 2.58 bits per heavy atom. The van der Waals surface area contributed by atoms with E-state index >= 15 is 0 Å². The molecular formula is C18H13ClIN3O2S. The molecule has 1 aliphatic heterocycles. The van der Waals surface area contributed by atoms with Gasteiger partial charge in [0.2, 0.25) is 5.91 Å². The first-order chi connectivity index (χ1) is 12.4. The van der Waals surface area contributed by atoms with Gasteiger partial charge in [0.1, 0.15) is 0 Å². The van der Waals surface area contributed by atoms with Crippen LogP contribution in [0.4, 0.5) is 11.4 Å². The van der Waals surface area contributed by atoms with Gasteiger partial charge in [0.05, 0.1) is 11.4 Å². The Labute approximate surface area is 174 Å². The molecule has 0 bridgehead atoms. The van der Waals surface area contributed by atoms with Crippen molar-refractivity contribution in [2.24, 2.45) is 10.9 Å². The summed E-state index contributed by atoms with van der Waals surface area (Å²) in [6, 6.07) is 12.4. The van der Waals surface area contributed by atoms with Crippen LogP contribution in [0.3, 0.4) is 0 Å². The fraction of sp³-hybridized carbons (Fsp3) is 0.111. The van der Waals surface area contributed by atoms with Crippen LogP contribution in [-0.2, 0) is 9.59 Å². The molecule has 0 saturated carbocycles. The van der Waals surface area contributed by atoms with Crippen LogP contribution in [0.25, 0.3) is 0 Å². The van der Waals surface area contributed by atoms with Crippen LogP contribution in [0.2, 0.25) is 5.02 Å². The largest absolute Gasteiger partial charge is 0.301 e. The molecule has 8 heteroatoms. The lowest BCUT2D eigenvalue weighted by atomic mass is 10.1. The van der Waals surface area contributed by atoms with Crippen molar-refractivity contribution >= 4 is 80.9 Å². The lowest BCUT2D eigenvalue weighted by Gasteiger charge is -2.30. The molecule has 2 aromatic carbocycles. The van der Waals surface area contributed by atoms with Crippen molar-refractivity contribution in [1.82, 2.24) is 5.32 Å². The molecule has 0 radical (unpaired) electrons. The molecule has 0 aliphatic carbocycles. The second-order valence-corrected chi connectivity index (χ2v) is 7.70. The van der Waals surface area contributed by atoms with Crippen molar-refractivity contribution < 1.29 is 9.59 Å². The van der Waals surface area contributed by atoms with E-state index in [4.69, 9.17) is 23.8 Å². The molecule has 1 N–H and O–H groups in total. The molecule has 1 aliphatic rings. The van der Waals surface area contributed by atoms with Crippen LogP contribution < -0.4 is 10.2 Å². The van der Waals surface area contributed by atoms with Crippen molar-refractivity contribution in [3.8, 4) is 0 Å². The van der Waals surface area contributed by atoms with E-state index in [1.807, 2.05) is 25.1 Å². The lowest BCUT2D eigenvalue weighted by Crippen LogP contribution is -2.58. The van der Waals surface area contributed by atoms with Crippen molar-refractivity contribution in [3.05, 3.63) is 56.6 Å². The van der Waals surface area contributed by atoms with E-state index < -0.39 is 17.7 Å². The van der Waals surface area contributed by atoms with Gasteiger partial charge in [0.25, 0.3) is 5.91 Å². The van der Waals surface area contributed by atoms with E-state index in [-0.39, 0.29) is 5.11 Å². The van der Waals surface area contributed by atoms with Crippen molar-refractivity contribution in [1.29, 1.82) is 0 Å². The number of hydrogen-bond acceptors (Lipinski definition) is 4. The van der Waals surface area contributed by atoms with Crippen molar-refractivity contribution in [2.45, 2.75) is 6.92 Å². The van der Waals surface area contributed by atoms with Gasteiger partial charge in [-0.2, -0.15) is 0 Å². The van der Waals surface area contributed by atoms with Gasteiger partial charge in [-0.25, -0.2) is 0 Å². The molecule has 3 rings (SSSR count). The fourth-order valence-electron chi connectivity index (χ4n) is 2.48. The molecule has 132 valence electrons. The zero-order valence-electron chi connectivity index (χ0n) is 13.6. The highest BCUT2D eigenvalue weighted by molar-refractivity contribution is 14.1. The third kappa shape index (κ3) is 3.94. The Kier molecular flexibility index (Phi) is 5.69. The van der Waals surface area contributed by atoms with Gasteiger partial charge in [0.15, 0.2) is 11.0 Å². The van der Waals surface area contributed by atoms with E-state index in [2.05, 4.69) is 32.9 Å². The molecule has 0 spiro atoms. The maximum absolute atomic E-state index is 12.8. The van der Waals surface area contributed by atoms with Gasteiger partial charge >= 0.3 is 0 Å². The summed E-state index contributed by atoms with van der Waals surface area (Å²) in [4.78, 5) is 30.7. The van der Waals surface area contributed by atoms with Gasteiger partial charge in [-0.05, 0) is 89.8 Å². The van der Waals surface area contributed by atoms with Gasteiger partial charge in [-0.15, -0.1) is 0 Å². The Bertz CT molecular complexity index is 931. The van der Waals surface area contributed by atoms with Crippen LogP contribution in [0.1, 0.15) is 5.56 Å². The second kappa shape index (κ2) is 7.81. The average Bonchev–Trinajstić information content (AvgIpc) is 2.57. The molecule has 0 unspecified atom stereocenters. The maximum atomic E-state index is 12.8. The highest BCUT2D eigenvalue weighted by Crippen LogP contribution is 2.24. The monoisotopic (exact) mass is 497 g/mol. The molecule has 1 saturated heterocycles. The van der Waals surface area contributed by atoms with Gasteiger partial charge in [-0.3, -0.25) is 19.5 Å². The van der Waals surface area contributed by atoms with Crippen LogP contribution in [0, 0.1) is 16.4 Å². The van der Waals surface area contributed by atoms with Crippen LogP contribution in [-0.4, -0.2) is 23.1 Å². The third-order valence-electron chi connectivity index (χ3n) is 3.81. The number of hydrogen-bond donors (Lipinski definition) is 1. The van der Waals surface area contributed by atoms with Crippen LogP contribution in [0.15, 0.2) is 47.5 Å². The number of aryl methyl sites for hydroxylation is 1. The number of aliphatic imine (C=N–C) groups is 1. The highest BCUT2D eigenvalue weighted by atomic mass is 127. The van der Waals surface area contributed by atoms with Gasteiger partial charge < -0.3 is 5.32 Å². The number of rotatable bonds is 3. The summed E-state index contributed by atoms with van der Waals surface area (Å²) in [5.74, 6) is -2.00. The number of anilines is 1. The summed E-state index contributed by atoms with van der Waals surface area (Å²) in [5.41, 5.74) is 2.20. The number of carbonyl (C=O) groups is 2. The number of nitrogens with zero attached hydrogens (tertiary/aromatic N) is 2. The van der Waals surface area contributed by atoms with E-state index in [1.165, 1.54) is 11.1 Å². The first-order valence-electron chi connectivity index (χ1n) is 7.61. The molecule has 1 fully saturated rings. The predicted octanol–water partition coefficient (Wildman–Crippen LogP) is 4.02. The van der Waals surface area contributed by atoms with Crippen LogP contribution >= 0.6 is 46.4 Å². The zero-order chi connectivity index (χ0) is 18.8. The summed E-state index contributed by atoms with van der Waals surface area (Å²) >= 11 is 13.3. The SMILES string of the molecule is Cc1cc(I)ccc1N=C[C@@H]1C(=O)NC(=S)N(c2ccc(Cl)cc2)C1=O. The quantitative estimate of drug-likeness (QED) is 0.302. The summed E-state index contributed by atoms with van der Waals surface area (Å²) in [6.45, 7) is 1.92. The lowest BCUT2D eigenvalue weighted by molar-refractivity contribution is -0.130. The molecular weight excluding hydrogens is 485 g/mol. The molecule has 1 heterocycles. The molecule has 1 atom stereocenters. The molecule has 2 amide bonds. The number of nitrogens with one attached hydrogen (secondary N) is 1. The number of thiocarbonyl (C=S) groups is 1. The standard InChI is InChI=1S/C18H13ClIN3O2S/c1-10-8-12(20)4-7-15(10)21-9-14-16(24)22-18(26)23(17(14)25)13-5-2-11(19)3-6-13/h2-9,14H,1H3,(H,22,24,26)/t14-/m1/s1. The summed E-state index contributed by atoms with van der Waals surface area (Å²) < 4.78 is 1.09. The zero-order valence-corrected chi connectivity index (χ0v) is 17.3. The summed E-state index contributed by atoms with van der Waals surface area (Å²) in [5, 5.41) is 3.14. The fourth-order valence-corrected chi connectivity index (χ4v) is 3.54. The minimum atomic E-state index is -1.06. The van der Waals surface area contributed by atoms with Gasteiger partial charge in [-0.1, -0.05) is 11.6 Å². The Morgan fingerprint density at radius 2 is 1.92 bits per heavy atom. The first kappa shape index (κ1) is 18.9.